The van der Waals surface area contributed by atoms with Crippen LogP contribution in [0.15, 0.2) is 36.7 Å². The van der Waals surface area contributed by atoms with E-state index in [2.05, 4.69) is 28.1 Å². The van der Waals surface area contributed by atoms with Crippen molar-refractivity contribution < 1.29 is 9.53 Å². The molecule has 0 saturated carbocycles. The average Bonchev–Trinajstić information content (AvgIpc) is 2.39. The van der Waals surface area contributed by atoms with E-state index in [1.54, 1.807) is 12.2 Å². The van der Waals surface area contributed by atoms with Crippen molar-refractivity contribution in [3.05, 3.63) is 36.7 Å². The van der Waals surface area contributed by atoms with Crippen LogP contribution in [0, 0.1) is 0 Å². The van der Waals surface area contributed by atoms with E-state index >= 15 is 0 Å². The average molecular weight is 236 g/mol. The second kappa shape index (κ2) is 6.78. The third-order valence-corrected chi connectivity index (χ3v) is 2.79. The van der Waals surface area contributed by atoms with E-state index in [1.165, 1.54) is 26.4 Å². The summed E-state index contributed by atoms with van der Waals surface area (Å²) in [5.74, 6) is 0. The van der Waals surface area contributed by atoms with E-state index in [0.717, 1.165) is 18.8 Å². The predicted octanol–water partition coefficient (Wildman–Crippen LogP) is 2.41. The Labute approximate surface area is 103 Å². The van der Waals surface area contributed by atoms with Gasteiger partial charge in [0, 0.05) is 13.1 Å². The van der Waals surface area contributed by atoms with E-state index in [-0.39, 0.29) is 0 Å². The van der Waals surface area contributed by atoms with Gasteiger partial charge in [0.2, 0.25) is 0 Å². The van der Waals surface area contributed by atoms with E-state index in [1.807, 2.05) is 0 Å². The Morgan fingerprint density at radius 3 is 2.35 bits per heavy atom. The highest BCUT2D eigenvalue weighted by Crippen LogP contribution is 2.18. The van der Waals surface area contributed by atoms with Crippen molar-refractivity contribution in [2.24, 2.45) is 0 Å². The van der Waals surface area contributed by atoms with Gasteiger partial charge in [0.1, 0.15) is 0 Å². The minimum atomic E-state index is -0.490. The van der Waals surface area contributed by atoms with Gasteiger partial charge in [0.05, 0.1) is 18.5 Å². The van der Waals surface area contributed by atoms with Crippen LogP contribution in [0.25, 0.3) is 0 Å². The molecule has 1 amide bonds. The molecule has 1 heterocycles. The van der Waals surface area contributed by atoms with Crippen molar-refractivity contribution >= 4 is 6.09 Å². The van der Waals surface area contributed by atoms with Crippen molar-refractivity contribution in [2.75, 3.05) is 20.2 Å². The number of rotatable bonds is 4. The summed E-state index contributed by atoms with van der Waals surface area (Å²) < 4.78 is 4.58. The Morgan fingerprint density at radius 2 is 1.88 bits per heavy atom. The lowest BCUT2D eigenvalue weighted by Crippen LogP contribution is -2.32. The van der Waals surface area contributed by atoms with Crippen LogP contribution < -0.4 is 5.32 Å². The molecule has 1 aliphatic rings. The Hall–Kier alpha value is -1.71. The fourth-order valence-electron chi connectivity index (χ4n) is 1.92. The second-order valence-corrected chi connectivity index (χ2v) is 3.87. The number of hydrogen-bond acceptors (Lipinski definition) is 3. The summed E-state index contributed by atoms with van der Waals surface area (Å²) in [4.78, 5) is 13.4. The molecule has 0 aliphatic carbocycles. The number of nitrogens with zero attached hydrogens (tertiary/aromatic N) is 1. The molecule has 0 aromatic heterocycles. The summed E-state index contributed by atoms with van der Waals surface area (Å²) in [7, 11) is 1.34. The van der Waals surface area contributed by atoms with Crippen LogP contribution in [0.4, 0.5) is 4.79 Å². The van der Waals surface area contributed by atoms with Crippen molar-refractivity contribution in [1.82, 2.24) is 10.2 Å². The molecule has 1 aliphatic heterocycles. The number of methoxy groups -OCH3 is 1. The highest BCUT2D eigenvalue weighted by Gasteiger charge is 2.15. The Bertz CT molecular complexity index is 328. The molecule has 0 aromatic carbocycles. The van der Waals surface area contributed by atoms with Gasteiger partial charge in [-0.3, -0.25) is 5.32 Å². The topological polar surface area (TPSA) is 41.6 Å². The lowest BCUT2D eigenvalue weighted by Gasteiger charge is -2.30. The number of likely N-dealkylation sites (tertiary alicyclic amines) is 1. The van der Waals surface area contributed by atoms with Gasteiger partial charge in [-0.15, -0.1) is 0 Å². The molecule has 1 rings (SSSR count). The van der Waals surface area contributed by atoms with Gasteiger partial charge in [-0.25, -0.2) is 4.79 Å². The summed E-state index contributed by atoms with van der Waals surface area (Å²) >= 11 is 0. The van der Waals surface area contributed by atoms with Crippen molar-refractivity contribution in [3.63, 3.8) is 0 Å². The van der Waals surface area contributed by atoms with Gasteiger partial charge in [0.15, 0.2) is 0 Å². The number of amides is 1. The lowest BCUT2D eigenvalue weighted by atomic mass is 10.1. The molecule has 0 bridgehead atoms. The zero-order chi connectivity index (χ0) is 12.7. The first-order chi connectivity index (χ1) is 8.22. The van der Waals surface area contributed by atoms with Crippen LogP contribution in [0.5, 0.6) is 0 Å². The van der Waals surface area contributed by atoms with Crippen LogP contribution in [0.3, 0.4) is 0 Å². The summed E-state index contributed by atoms with van der Waals surface area (Å²) in [5, 5.41) is 2.65. The summed E-state index contributed by atoms with van der Waals surface area (Å²) in [6.07, 6.45) is 6.46. The largest absolute Gasteiger partial charge is 0.453 e. The Morgan fingerprint density at radius 1 is 1.24 bits per heavy atom. The maximum Gasteiger partial charge on any atom is 0.411 e. The zero-order valence-corrected chi connectivity index (χ0v) is 10.4. The number of nitrogens with one attached hydrogen (secondary N) is 1. The first-order valence-corrected chi connectivity index (χ1v) is 5.82. The molecule has 0 radical (unpaired) electrons. The van der Waals surface area contributed by atoms with Gasteiger partial charge >= 0.3 is 6.09 Å². The molecule has 0 atom stereocenters. The minimum absolute atomic E-state index is 0.490. The van der Waals surface area contributed by atoms with Crippen LogP contribution in [0.2, 0.25) is 0 Å². The normalized spacial score (nSPS) is 16.9. The molecule has 0 aromatic rings. The first-order valence-electron chi connectivity index (χ1n) is 5.82. The molecule has 1 N–H and O–H groups in total. The van der Waals surface area contributed by atoms with E-state index in [9.17, 15) is 4.79 Å². The van der Waals surface area contributed by atoms with Crippen LogP contribution in [0.1, 0.15) is 19.3 Å². The van der Waals surface area contributed by atoms with Crippen LogP contribution in [-0.4, -0.2) is 31.2 Å². The third-order valence-electron chi connectivity index (χ3n) is 2.79. The molecule has 17 heavy (non-hydrogen) atoms. The quantitative estimate of drug-likeness (QED) is 0.762. The van der Waals surface area contributed by atoms with Gasteiger partial charge in [0.25, 0.3) is 0 Å². The van der Waals surface area contributed by atoms with Gasteiger partial charge in [-0.05, 0) is 31.4 Å². The molecular formula is C13H20N2O2. The number of carbonyl (C=O) groups is 1. The molecule has 1 fully saturated rings. The molecule has 0 unspecified atom stereocenters. The van der Waals surface area contributed by atoms with E-state index < -0.39 is 6.09 Å². The highest BCUT2D eigenvalue weighted by molar-refractivity contribution is 5.70. The molecule has 94 valence electrons. The van der Waals surface area contributed by atoms with Gasteiger partial charge < -0.3 is 9.64 Å². The maximum absolute atomic E-state index is 11.2. The van der Waals surface area contributed by atoms with Gasteiger partial charge in [-0.2, -0.15) is 0 Å². The monoisotopic (exact) mass is 236 g/mol. The summed E-state index contributed by atoms with van der Waals surface area (Å²) in [6, 6.07) is 0. The van der Waals surface area contributed by atoms with Crippen LogP contribution in [-0.2, 0) is 4.74 Å². The molecule has 4 nitrogen and oxygen atoms in total. The third kappa shape index (κ3) is 3.66. The zero-order valence-electron chi connectivity index (χ0n) is 10.4. The Kier molecular flexibility index (Phi) is 5.33. The van der Waals surface area contributed by atoms with Gasteiger partial charge in [-0.1, -0.05) is 13.2 Å². The Balaban J connectivity index is 2.87. The number of hydrogen-bond donors (Lipinski definition) is 1. The van der Waals surface area contributed by atoms with Crippen molar-refractivity contribution in [1.29, 1.82) is 0 Å². The summed E-state index contributed by atoms with van der Waals surface area (Å²) in [5.41, 5.74) is 1.55. The SMILES string of the molecule is C=C/C(NC(=O)OC)=C(\C=C)N1CCCCC1. The van der Waals surface area contributed by atoms with Crippen molar-refractivity contribution in [2.45, 2.75) is 19.3 Å². The standard InChI is InChI=1S/C13H20N2O2/c1-4-11(14-13(16)17-3)12(5-2)15-9-7-6-8-10-15/h4-5H,1-2,6-10H2,3H3,(H,14,16)/b12-11-. The number of alkyl carbamates (subject to hydrolysis) is 1. The number of piperidine rings is 1. The second-order valence-electron chi connectivity index (χ2n) is 3.87. The van der Waals surface area contributed by atoms with Crippen molar-refractivity contribution in [3.8, 4) is 0 Å². The lowest BCUT2D eigenvalue weighted by molar-refractivity contribution is 0.174. The van der Waals surface area contributed by atoms with Crippen LogP contribution >= 0.6 is 0 Å². The predicted molar refractivity (Wildman–Crippen MR) is 68.4 cm³/mol. The molecule has 0 spiro atoms. The maximum atomic E-state index is 11.2. The number of carbonyl (C=O) groups excluding carboxylic acids is 1. The first kappa shape index (κ1) is 13.4. The highest BCUT2D eigenvalue weighted by atomic mass is 16.5. The van der Waals surface area contributed by atoms with E-state index in [4.69, 9.17) is 0 Å². The molecular weight excluding hydrogens is 216 g/mol. The minimum Gasteiger partial charge on any atom is -0.453 e. The fourth-order valence-corrected chi connectivity index (χ4v) is 1.92. The molecule has 1 saturated heterocycles. The summed E-state index contributed by atoms with van der Waals surface area (Å²) in [6.45, 7) is 9.48. The number of allylic oxidation sites excluding steroid dienone is 2. The fraction of sp³-hybridized carbons (Fsp3) is 0.462. The van der Waals surface area contributed by atoms with E-state index in [0.29, 0.717) is 5.70 Å². The number of ether oxygens (including phenoxy) is 1. The molecule has 4 heteroatoms. The smallest absolute Gasteiger partial charge is 0.411 e.